The third kappa shape index (κ3) is 4.48. The van der Waals surface area contributed by atoms with E-state index < -0.39 is 0 Å². The third-order valence-electron chi connectivity index (χ3n) is 5.48. The van der Waals surface area contributed by atoms with Gasteiger partial charge in [0.25, 0.3) is 0 Å². The Bertz CT molecular complexity index is 528. The molecule has 0 amide bonds. The Hall–Kier alpha value is -1.13. The molecule has 3 nitrogen and oxygen atoms in total. The van der Waals surface area contributed by atoms with E-state index >= 15 is 0 Å². The van der Waals surface area contributed by atoms with Gasteiger partial charge in [-0.2, -0.15) is 0 Å². The Morgan fingerprint density at radius 2 is 1.83 bits per heavy atom. The predicted molar refractivity (Wildman–Crippen MR) is 105 cm³/mol. The van der Waals surface area contributed by atoms with Gasteiger partial charge in [-0.25, -0.2) is 0 Å². The van der Waals surface area contributed by atoms with E-state index in [9.17, 15) is 0 Å². The van der Waals surface area contributed by atoms with Crippen LogP contribution < -0.4 is 10.6 Å². The minimum Gasteiger partial charge on any atom is -0.363 e. The first-order valence-electron chi connectivity index (χ1n) is 9.51. The first-order valence-corrected chi connectivity index (χ1v) is 9.92. The molecular weight excluding hydrogens is 314 g/mol. The third-order valence-corrected chi connectivity index (χ3v) is 5.74. The Balaban J connectivity index is 1.59. The summed E-state index contributed by atoms with van der Waals surface area (Å²) in [5.74, 6) is 0. The second-order valence-corrected chi connectivity index (χ2v) is 7.87. The first-order chi connectivity index (χ1) is 11.7. The van der Waals surface area contributed by atoms with Crippen molar-refractivity contribution < 1.29 is 0 Å². The fraction of sp³-hybridized carbons (Fsp3) is 0.650. The summed E-state index contributed by atoms with van der Waals surface area (Å²) in [6.45, 7) is 6.39. The summed E-state index contributed by atoms with van der Waals surface area (Å²) in [6.07, 6.45) is 7.59. The van der Waals surface area contributed by atoms with E-state index in [-0.39, 0.29) is 0 Å². The Morgan fingerprint density at radius 3 is 2.46 bits per heavy atom. The van der Waals surface area contributed by atoms with Gasteiger partial charge in [-0.05, 0) is 56.8 Å². The Morgan fingerprint density at radius 1 is 1.17 bits per heavy atom. The zero-order chi connectivity index (χ0) is 16.9. The lowest BCUT2D eigenvalue weighted by molar-refractivity contribution is 0.0210. The predicted octanol–water partition coefficient (Wildman–Crippen LogP) is 3.75. The molecule has 0 saturated carbocycles. The number of hydrogen-bond donors (Lipinski definition) is 2. The number of nitrogens with zero attached hydrogens (tertiary/aromatic N) is 1. The molecule has 2 aliphatic heterocycles. The topological polar surface area (TPSA) is 27.3 Å². The average molecular weight is 346 g/mol. The summed E-state index contributed by atoms with van der Waals surface area (Å²) in [6, 6.07) is 11.0. The van der Waals surface area contributed by atoms with Crippen molar-refractivity contribution in [3.63, 3.8) is 0 Å². The molecule has 2 aliphatic rings. The minimum atomic E-state index is 0.534. The SMILES string of the molecule is CCCNC(=S)NC1C[C@H]2CCC[C@@H](C1)N2Cc1ccc(C)cc1. The first kappa shape index (κ1) is 17.7. The Labute approximate surface area is 152 Å². The van der Waals surface area contributed by atoms with Gasteiger partial charge < -0.3 is 10.6 Å². The molecule has 4 heteroatoms. The van der Waals surface area contributed by atoms with Crippen LogP contribution in [-0.2, 0) is 6.54 Å². The molecule has 2 bridgehead atoms. The van der Waals surface area contributed by atoms with Crippen molar-refractivity contribution in [2.24, 2.45) is 0 Å². The average Bonchev–Trinajstić information content (AvgIpc) is 2.55. The monoisotopic (exact) mass is 345 g/mol. The van der Waals surface area contributed by atoms with Gasteiger partial charge in [0, 0.05) is 31.2 Å². The molecule has 24 heavy (non-hydrogen) atoms. The zero-order valence-corrected chi connectivity index (χ0v) is 15.9. The number of benzene rings is 1. The van der Waals surface area contributed by atoms with Gasteiger partial charge in [0.15, 0.2) is 5.11 Å². The van der Waals surface area contributed by atoms with Crippen molar-refractivity contribution in [2.45, 2.75) is 77.0 Å². The maximum atomic E-state index is 5.44. The van der Waals surface area contributed by atoms with E-state index in [2.05, 4.69) is 53.6 Å². The van der Waals surface area contributed by atoms with E-state index in [4.69, 9.17) is 12.2 Å². The van der Waals surface area contributed by atoms with Gasteiger partial charge in [0.2, 0.25) is 0 Å². The second-order valence-electron chi connectivity index (χ2n) is 7.47. The second kappa shape index (κ2) is 8.30. The molecule has 1 aromatic rings. The molecule has 0 radical (unpaired) electrons. The van der Waals surface area contributed by atoms with Crippen LogP contribution in [0.1, 0.15) is 56.6 Å². The van der Waals surface area contributed by atoms with Crippen LogP contribution in [0.5, 0.6) is 0 Å². The summed E-state index contributed by atoms with van der Waals surface area (Å²) >= 11 is 5.44. The van der Waals surface area contributed by atoms with Crippen molar-refractivity contribution >= 4 is 17.3 Å². The van der Waals surface area contributed by atoms with E-state index in [1.165, 1.54) is 43.2 Å². The smallest absolute Gasteiger partial charge is 0.166 e. The van der Waals surface area contributed by atoms with Crippen LogP contribution in [0.2, 0.25) is 0 Å². The van der Waals surface area contributed by atoms with E-state index in [1.807, 2.05) is 0 Å². The molecule has 2 N–H and O–H groups in total. The van der Waals surface area contributed by atoms with Crippen LogP contribution in [0.25, 0.3) is 0 Å². The van der Waals surface area contributed by atoms with Gasteiger partial charge in [-0.1, -0.05) is 43.2 Å². The maximum Gasteiger partial charge on any atom is 0.166 e. The lowest BCUT2D eigenvalue weighted by Crippen LogP contribution is -2.57. The number of fused-ring (bicyclic) bond motifs is 2. The number of rotatable bonds is 5. The quantitative estimate of drug-likeness (QED) is 0.795. The Kier molecular flexibility index (Phi) is 6.12. The molecule has 2 heterocycles. The fourth-order valence-corrected chi connectivity index (χ4v) is 4.50. The molecule has 2 fully saturated rings. The summed E-state index contributed by atoms with van der Waals surface area (Å²) in [7, 11) is 0. The van der Waals surface area contributed by atoms with Gasteiger partial charge in [0.1, 0.15) is 0 Å². The molecule has 132 valence electrons. The highest BCUT2D eigenvalue weighted by Crippen LogP contribution is 2.35. The standard InChI is InChI=1S/C20H31N3S/c1-3-11-21-20(24)22-17-12-18-5-4-6-19(13-17)23(18)14-16-9-7-15(2)8-10-16/h7-10,17-19H,3-6,11-14H2,1-2H3,(H2,21,22,24)/t17?,18-,19+. The number of nitrogens with one attached hydrogen (secondary N) is 2. The highest BCUT2D eigenvalue weighted by atomic mass is 32.1. The highest BCUT2D eigenvalue weighted by Gasteiger charge is 2.38. The number of piperidine rings is 2. The van der Waals surface area contributed by atoms with Crippen LogP contribution in [0.4, 0.5) is 0 Å². The van der Waals surface area contributed by atoms with E-state index in [1.54, 1.807) is 0 Å². The van der Waals surface area contributed by atoms with Crippen LogP contribution in [0.3, 0.4) is 0 Å². The van der Waals surface area contributed by atoms with Gasteiger partial charge in [0.05, 0.1) is 0 Å². The van der Waals surface area contributed by atoms with Crippen molar-refractivity contribution in [2.75, 3.05) is 6.54 Å². The minimum absolute atomic E-state index is 0.534. The van der Waals surface area contributed by atoms with E-state index in [0.717, 1.165) is 24.6 Å². The number of hydrogen-bond acceptors (Lipinski definition) is 2. The normalized spacial score (nSPS) is 26.8. The van der Waals surface area contributed by atoms with Crippen LogP contribution in [-0.4, -0.2) is 34.7 Å². The van der Waals surface area contributed by atoms with Crippen LogP contribution in [0.15, 0.2) is 24.3 Å². The zero-order valence-electron chi connectivity index (χ0n) is 15.1. The summed E-state index contributed by atoms with van der Waals surface area (Å²) in [4.78, 5) is 2.76. The lowest BCUT2D eigenvalue weighted by Gasteiger charge is -2.49. The number of aryl methyl sites for hydroxylation is 1. The molecule has 3 rings (SSSR count). The molecule has 2 saturated heterocycles. The summed E-state index contributed by atoms with van der Waals surface area (Å²) < 4.78 is 0. The lowest BCUT2D eigenvalue weighted by atomic mass is 9.81. The molecule has 1 aromatic carbocycles. The molecule has 1 unspecified atom stereocenters. The van der Waals surface area contributed by atoms with Crippen molar-refractivity contribution in [1.29, 1.82) is 0 Å². The van der Waals surface area contributed by atoms with Gasteiger partial charge >= 0.3 is 0 Å². The summed E-state index contributed by atoms with van der Waals surface area (Å²) in [5, 5.41) is 7.72. The maximum absolute atomic E-state index is 5.44. The molecule has 0 aromatic heterocycles. The van der Waals surface area contributed by atoms with Crippen LogP contribution in [0, 0.1) is 6.92 Å². The number of thiocarbonyl (C=S) groups is 1. The van der Waals surface area contributed by atoms with Gasteiger partial charge in [-0.15, -0.1) is 0 Å². The highest BCUT2D eigenvalue weighted by molar-refractivity contribution is 7.80. The summed E-state index contributed by atoms with van der Waals surface area (Å²) in [5.41, 5.74) is 2.79. The van der Waals surface area contributed by atoms with Gasteiger partial charge in [-0.3, -0.25) is 4.90 Å². The molecule has 0 spiro atoms. The van der Waals surface area contributed by atoms with E-state index in [0.29, 0.717) is 18.1 Å². The molecule has 3 atom stereocenters. The molecule has 0 aliphatic carbocycles. The van der Waals surface area contributed by atoms with Crippen molar-refractivity contribution in [1.82, 2.24) is 15.5 Å². The van der Waals surface area contributed by atoms with Crippen molar-refractivity contribution in [3.05, 3.63) is 35.4 Å². The fourth-order valence-electron chi connectivity index (χ4n) is 4.23. The molecular formula is C20H31N3S. The van der Waals surface area contributed by atoms with Crippen molar-refractivity contribution in [3.8, 4) is 0 Å². The largest absolute Gasteiger partial charge is 0.363 e. The van der Waals surface area contributed by atoms with Crippen LogP contribution >= 0.6 is 12.2 Å².